The smallest absolute Gasteiger partial charge is 0.363 e. The molecule has 2 heterocycles. The molecule has 1 aromatic carbocycles. The van der Waals surface area contributed by atoms with Crippen LogP contribution in [0.3, 0.4) is 0 Å². The van der Waals surface area contributed by atoms with Crippen molar-refractivity contribution in [3.8, 4) is 0 Å². The third kappa shape index (κ3) is 2.53. The predicted octanol–water partition coefficient (Wildman–Crippen LogP) is 3.35. The van der Waals surface area contributed by atoms with E-state index >= 15 is 0 Å². The Bertz CT molecular complexity index is 684. The second-order valence-electron chi connectivity index (χ2n) is 4.09. The highest BCUT2D eigenvalue weighted by molar-refractivity contribution is 7.98. The molecule has 0 N–H and O–H groups in total. The van der Waals surface area contributed by atoms with Crippen molar-refractivity contribution in [2.75, 3.05) is 6.26 Å². The van der Waals surface area contributed by atoms with E-state index in [1.807, 2.05) is 30.5 Å². The minimum atomic E-state index is -0.467. The van der Waals surface area contributed by atoms with E-state index in [-0.39, 0.29) is 11.6 Å². The Morgan fingerprint density at radius 2 is 2.00 bits per heavy atom. The molecule has 1 aliphatic heterocycles. The Morgan fingerprint density at radius 1 is 1.20 bits per heavy atom. The number of esters is 1. The van der Waals surface area contributed by atoms with E-state index in [4.69, 9.17) is 9.15 Å². The number of hydrogen-bond donors (Lipinski definition) is 0. The molecule has 3 rings (SSSR count). The maximum atomic E-state index is 11.8. The summed E-state index contributed by atoms with van der Waals surface area (Å²) in [6, 6.07) is 11.3. The lowest BCUT2D eigenvalue weighted by atomic mass is 10.2. The number of carbonyl (C=O) groups excluding carboxylic acids is 1. The summed E-state index contributed by atoms with van der Waals surface area (Å²) in [6.45, 7) is 0. The lowest BCUT2D eigenvalue weighted by Crippen LogP contribution is -2.04. The number of hydrogen-bond acceptors (Lipinski definition) is 5. The third-order valence-electron chi connectivity index (χ3n) is 2.77. The predicted molar refractivity (Wildman–Crippen MR) is 77.5 cm³/mol. The van der Waals surface area contributed by atoms with Crippen LogP contribution in [-0.2, 0) is 9.53 Å². The largest absolute Gasteiger partial charge is 0.459 e. The molecule has 0 fully saturated rings. The fourth-order valence-electron chi connectivity index (χ4n) is 1.77. The molecule has 0 unspecified atom stereocenters. The third-order valence-corrected chi connectivity index (χ3v) is 3.52. The molecule has 2 aromatic rings. The van der Waals surface area contributed by atoms with Crippen molar-refractivity contribution in [2.45, 2.75) is 4.90 Å². The molecular formula is C15H11NO3S. The number of aliphatic imine (C=N–C) groups is 1. The molecule has 1 aromatic heterocycles. The average molecular weight is 285 g/mol. The molecule has 0 aliphatic carbocycles. The van der Waals surface area contributed by atoms with Gasteiger partial charge in [0.2, 0.25) is 0 Å². The van der Waals surface area contributed by atoms with Crippen LogP contribution in [0.2, 0.25) is 0 Å². The fraction of sp³-hybridized carbons (Fsp3) is 0.0667. The zero-order valence-corrected chi connectivity index (χ0v) is 11.5. The molecule has 100 valence electrons. The van der Waals surface area contributed by atoms with E-state index in [0.29, 0.717) is 5.76 Å². The standard InChI is InChI=1S/C15H11NO3S/c1-20-11-6-4-10(5-7-11)9-12-15(17)19-14(16-12)13-3-2-8-18-13/h2-9H,1H3/b12-9-. The van der Waals surface area contributed by atoms with Gasteiger partial charge in [0.15, 0.2) is 11.5 Å². The molecule has 0 spiro atoms. The highest BCUT2D eigenvalue weighted by Gasteiger charge is 2.25. The van der Waals surface area contributed by atoms with Crippen LogP contribution in [0.15, 0.2) is 62.7 Å². The van der Waals surface area contributed by atoms with Crippen LogP contribution < -0.4 is 0 Å². The van der Waals surface area contributed by atoms with Gasteiger partial charge < -0.3 is 9.15 Å². The van der Waals surface area contributed by atoms with E-state index in [2.05, 4.69) is 4.99 Å². The summed E-state index contributed by atoms with van der Waals surface area (Å²) < 4.78 is 10.2. The summed E-state index contributed by atoms with van der Waals surface area (Å²) in [5, 5.41) is 0. The van der Waals surface area contributed by atoms with Crippen molar-refractivity contribution in [3.05, 3.63) is 59.7 Å². The number of carbonyl (C=O) groups is 1. The van der Waals surface area contributed by atoms with Crippen molar-refractivity contribution in [1.82, 2.24) is 0 Å². The summed E-state index contributed by atoms with van der Waals surface area (Å²) >= 11 is 1.67. The van der Waals surface area contributed by atoms with Gasteiger partial charge >= 0.3 is 5.97 Å². The van der Waals surface area contributed by atoms with Crippen LogP contribution in [0.25, 0.3) is 6.08 Å². The summed E-state index contributed by atoms with van der Waals surface area (Å²) in [7, 11) is 0. The van der Waals surface area contributed by atoms with Gasteiger partial charge in [-0.05, 0) is 42.2 Å². The van der Waals surface area contributed by atoms with E-state index in [1.54, 1.807) is 30.0 Å². The number of ether oxygens (including phenoxy) is 1. The summed E-state index contributed by atoms with van der Waals surface area (Å²) in [4.78, 5) is 17.1. The van der Waals surface area contributed by atoms with Crippen molar-refractivity contribution < 1.29 is 13.9 Å². The topological polar surface area (TPSA) is 51.8 Å². The molecule has 0 bridgehead atoms. The Balaban J connectivity index is 1.88. The Morgan fingerprint density at radius 3 is 2.65 bits per heavy atom. The quantitative estimate of drug-likeness (QED) is 0.493. The van der Waals surface area contributed by atoms with Crippen molar-refractivity contribution in [3.63, 3.8) is 0 Å². The number of furan rings is 1. The molecule has 20 heavy (non-hydrogen) atoms. The van der Waals surface area contributed by atoms with Crippen LogP contribution in [0, 0.1) is 0 Å². The van der Waals surface area contributed by atoms with Gasteiger partial charge in [0, 0.05) is 4.90 Å². The van der Waals surface area contributed by atoms with Gasteiger partial charge in [-0.25, -0.2) is 9.79 Å². The van der Waals surface area contributed by atoms with E-state index in [0.717, 1.165) is 5.56 Å². The first-order valence-corrected chi connectivity index (χ1v) is 7.19. The number of benzene rings is 1. The fourth-order valence-corrected chi connectivity index (χ4v) is 2.18. The van der Waals surface area contributed by atoms with Gasteiger partial charge in [-0.15, -0.1) is 11.8 Å². The average Bonchev–Trinajstić information content (AvgIpc) is 3.10. The number of thioether (sulfide) groups is 1. The lowest BCUT2D eigenvalue weighted by molar-refractivity contribution is -0.130. The first-order chi connectivity index (χ1) is 9.76. The first-order valence-electron chi connectivity index (χ1n) is 5.97. The monoisotopic (exact) mass is 285 g/mol. The maximum Gasteiger partial charge on any atom is 0.363 e. The highest BCUT2D eigenvalue weighted by Crippen LogP contribution is 2.21. The molecule has 0 saturated carbocycles. The lowest BCUT2D eigenvalue weighted by Gasteiger charge is -1.97. The van der Waals surface area contributed by atoms with Crippen LogP contribution >= 0.6 is 11.8 Å². The highest BCUT2D eigenvalue weighted by atomic mass is 32.2. The van der Waals surface area contributed by atoms with Crippen LogP contribution in [0.1, 0.15) is 11.3 Å². The minimum absolute atomic E-state index is 0.201. The zero-order chi connectivity index (χ0) is 13.9. The van der Waals surface area contributed by atoms with E-state index in [9.17, 15) is 4.79 Å². The second kappa shape index (κ2) is 5.38. The molecule has 1 aliphatic rings. The van der Waals surface area contributed by atoms with Crippen molar-refractivity contribution >= 4 is 29.7 Å². The molecule has 0 atom stereocenters. The van der Waals surface area contributed by atoms with E-state index in [1.165, 1.54) is 11.2 Å². The normalized spacial score (nSPS) is 16.4. The van der Waals surface area contributed by atoms with Crippen molar-refractivity contribution in [2.24, 2.45) is 4.99 Å². The molecular weight excluding hydrogens is 274 g/mol. The molecule has 0 amide bonds. The Hall–Kier alpha value is -2.27. The molecule has 5 heteroatoms. The van der Waals surface area contributed by atoms with Gasteiger partial charge in [0.05, 0.1) is 6.26 Å². The number of cyclic esters (lactones) is 1. The Labute approximate surface area is 120 Å². The first kappa shape index (κ1) is 12.7. The summed E-state index contributed by atoms with van der Waals surface area (Å²) in [5.41, 5.74) is 1.17. The minimum Gasteiger partial charge on any atom is -0.459 e. The number of rotatable bonds is 3. The maximum absolute atomic E-state index is 11.8. The van der Waals surface area contributed by atoms with Gasteiger partial charge in [-0.3, -0.25) is 0 Å². The second-order valence-corrected chi connectivity index (χ2v) is 4.97. The van der Waals surface area contributed by atoms with Gasteiger partial charge in [0.25, 0.3) is 5.90 Å². The number of nitrogens with zero attached hydrogens (tertiary/aromatic N) is 1. The molecule has 0 saturated heterocycles. The van der Waals surface area contributed by atoms with Gasteiger partial charge in [-0.1, -0.05) is 12.1 Å². The van der Waals surface area contributed by atoms with Crippen LogP contribution in [-0.4, -0.2) is 18.1 Å². The van der Waals surface area contributed by atoms with E-state index < -0.39 is 5.97 Å². The van der Waals surface area contributed by atoms with Gasteiger partial charge in [-0.2, -0.15) is 0 Å². The van der Waals surface area contributed by atoms with Gasteiger partial charge in [0.1, 0.15) is 0 Å². The SMILES string of the molecule is CSc1ccc(/C=C2\N=C(c3ccco3)OC2=O)cc1. The summed E-state index contributed by atoms with van der Waals surface area (Å²) in [5.74, 6) is 0.178. The van der Waals surface area contributed by atoms with Crippen LogP contribution in [0.5, 0.6) is 0 Å². The Kier molecular flexibility index (Phi) is 3.43. The molecule has 4 nitrogen and oxygen atoms in total. The summed E-state index contributed by atoms with van der Waals surface area (Å²) in [6.07, 6.45) is 5.22. The molecule has 0 radical (unpaired) electrons. The van der Waals surface area contributed by atoms with Crippen LogP contribution in [0.4, 0.5) is 0 Å². The zero-order valence-electron chi connectivity index (χ0n) is 10.7. The van der Waals surface area contributed by atoms with Crippen molar-refractivity contribution in [1.29, 1.82) is 0 Å².